The molecule has 0 spiro atoms. The van der Waals surface area contributed by atoms with Crippen molar-refractivity contribution in [2.75, 3.05) is 6.54 Å². The van der Waals surface area contributed by atoms with Gasteiger partial charge in [0.2, 0.25) is 0 Å². The van der Waals surface area contributed by atoms with Gasteiger partial charge in [-0.3, -0.25) is 9.78 Å². The smallest absolute Gasteiger partial charge is 0.328 e. The minimum Gasteiger partial charge on any atom is -0.478 e. The van der Waals surface area contributed by atoms with Gasteiger partial charge in [-0.15, -0.1) is 0 Å². The summed E-state index contributed by atoms with van der Waals surface area (Å²) < 4.78 is 0. The summed E-state index contributed by atoms with van der Waals surface area (Å²) >= 11 is 0. The first-order valence-electron chi connectivity index (χ1n) is 7.31. The molecule has 110 valence electrons. The molecular weight excluding hydrogens is 268 g/mol. The Hall–Kier alpha value is -2.17. The Bertz CT molecular complexity index is 589. The SMILES string of the molecule is O=C(O)C=Cc1cnccc1C(=O)N(CC1CC1)C1CC1. The highest BCUT2D eigenvalue weighted by Gasteiger charge is 2.37. The van der Waals surface area contributed by atoms with Crippen molar-refractivity contribution < 1.29 is 14.7 Å². The van der Waals surface area contributed by atoms with Gasteiger partial charge in [-0.25, -0.2) is 4.79 Å². The highest BCUT2D eigenvalue weighted by molar-refractivity contribution is 5.99. The molecule has 0 aromatic carbocycles. The quantitative estimate of drug-likeness (QED) is 0.814. The molecule has 5 nitrogen and oxygen atoms in total. The third kappa shape index (κ3) is 3.48. The molecule has 0 bridgehead atoms. The van der Waals surface area contributed by atoms with E-state index in [9.17, 15) is 9.59 Å². The van der Waals surface area contributed by atoms with Crippen molar-refractivity contribution in [2.24, 2.45) is 5.92 Å². The number of rotatable bonds is 6. The molecule has 2 saturated carbocycles. The van der Waals surface area contributed by atoms with Crippen LogP contribution in [0.3, 0.4) is 0 Å². The van der Waals surface area contributed by atoms with E-state index in [1.807, 2.05) is 4.90 Å². The van der Waals surface area contributed by atoms with Crippen LogP contribution in [0.15, 0.2) is 24.5 Å². The van der Waals surface area contributed by atoms with Crippen LogP contribution in [0.25, 0.3) is 6.08 Å². The van der Waals surface area contributed by atoms with Crippen molar-refractivity contribution in [3.05, 3.63) is 35.7 Å². The number of amides is 1. The topological polar surface area (TPSA) is 70.5 Å². The molecule has 2 aliphatic carbocycles. The van der Waals surface area contributed by atoms with Crippen LogP contribution in [0.2, 0.25) is 0 Å². The normalized spacial score (nSPS) is 17.9. The second-order valence-electron chi connectivity index (χ2n) is 5.77. The average Bonchev–Trinajstić information content (AvgIpc) is 3.35. The minimum atomic E-state index is -1.03. The van der Waals surface area contributed by atoms with Crippen molar-refractivity contribution in [2.45, 2.75) is 31.7 Å². The maximum Gasteiger partial charge on any atom is 0.328 e. The summed E-state index contributed by atoms with van der Waals surface area (Å²) in [7, 11) is 0. The van der Waals surface area contributed by atoms with Gasteiger partial charge >= 0.3 is 5.97 Å². The number of pyridine rings is 1. The Morgan fingerprint density at radius 3 is 2.71 bits per heavy atom. The predicted molar refractivity (Wildman–Crippen MR) is 77.7 cm³/mol. The Morgan fingerprint density at radius 2 is 2.10 bits per heavy atom. The van der Waals surface area contributed by atoms with Gasteiger partial charge < -0.3 is 10.0 Å². The van der Waals surface area contributed by atoms with E-state index in [-0.39, 0.29) is 5.91 Å². The largest absolute Gasteiger partial charge is 0.478 e. The second kappa shape index (κ2) is 5.68. The predicted octanol–water partition coefficient (Wildman–Crippen LogP) is 2.19. The van der Waals surface area contributed by atoms with Gasteiger partial charge in [-0.1, -0.05) is 0 Å². The molecule has 0 unspecified atom stereocenters. The van der Waals surface area contributed by atoms with Crippen molar-refractivity contribution in [3.63, 3.8) is 0 Å². The molecule has 5 heteroatoms. The fraction of sp³-hybridized carbons (Fsp3) is 0.438. The summed E-state index contributed by atoms with van der Waals surface area (Å²) in [5, 5.41) is 8.74. The lowest BCUT2D eigenvalue weighted by molar-refractivity contribution is -0.131. The van der Waals surface area contributed by atoms with Crippen LogP contribution in [-0.2, 0) is 4.79 Å². The van der Waals surface area contributed by atoms with E-state index in [1.54, 1.807) is 12.3 Å². The van der Waals surface area contributed by atoms with Crippen LogP contribution >= 0.6 is 0 Å². The van der Waals surface area contributed by atoms with Crippen molar-refractivity contribution in [1.29, 1.82) is 0 Å². The molecule has 1 aromatic rings. The fourth-order valence-corrected chi connectivity index (χ4v) is 2.41. The highest BCUT2D eigenvalue weighted by Crippen LogP contribution is 2.35. The summed E-state index contributed by atoms with van der Waals surface area (Å²) in [5.74, 6) is -0.388. The van der Waals surface area contributed by atoms with Crippen LogP contribution in [0, 0.1) is 5.92 Å². The van der Waals surface area contributed by atoms with Crippen molar-refractivity contribution >= 4 is 18.0 Å². The van der Waals surface area contributed by atoms with Crippen LogP contribution in [0.4, 0.5) is 0 Å². The fourth-order valence-electron chi connectivity index (χ4n) is 2.41. The number of hydrogen-bond donors (Lipinski definition) is 1. The molecule has 0 atom stereocenters. The summed E-state index contributed by atoms with van der Waals surface area (Å²) in [5.41, 5.74) is 1.10. The number of carboxylic acid groups (broad SMARTS) is 1. The number of aromatic nitrogens is 1. The summed E-state index contributed by atoms with van der Waals surface area (Å²) in [4.78, 5) is 29.4. The van der Waals surface area contributed by atoms with E-state index in [2.05, 4.69) is 4.98 Å². The molecule has 1 aromatic heterocycles. The second-order valence-corrected chi connectivity index (χ2v) is 5.77. The highest BCUT2D eigenvalue weighted by atomic mass is 16.4. The molecule has 1 amide bonds. The Morgan fingerprint density at radius 1 is 1.33 bits per heavy atom. The molecule has 0 saturated heterocycles. The Kier molecular flexibility index (Phi) is 3.73. The number of carbonyl (C=O) groups is 2. The number of aliphatic carboxylic acids is 1. The molecule has 21 heavy (non-hydrogen) atoms. The van der Waals surface area contributed by atoms with Crippen LogP contribution in [-0.4, -0.2) is 39.5 Å². The number of carbonyl (C=O) groups excluding carboxylic acids is 1. The zero-order chi connectivity index (χ0) is 14.8. The first-order valence-corrected chi connectivity index (χ1v) is 7.31. The van der Waals surface area contributed by atoms with Crippen molar-refractivity contribution in [1.82, 2.24) is 9.88 Å². The van der Waals surface area contributed by atoms with Gasteiger partial charge in [0, 0.05) is 42.2 Å². The van der Waals surface area contributed by atoms with Gasteiger partial charge in [0.1, 0.15) is 0 Å². The number of hydrogen-bond acceptors (Lipinski definition) is 3. The molecule has 0 radical (unpaired) electrons. The zero-order valence-corrected chi connectivity index (χ0v) is 11.7. The van der Waals surface area contributed by atoms with Gasteiger partial charge in [-0.05, 0) is 43.7 Å². The van der Waals surface area contributed by atoms with Gasteiger partial charge in [0.15, 0.2) is 0 Å². The standard InChI is InChI=1S/C16H18N2O3/c19-15(20)6-3-12-9-17-8-7-14(12)16(21)18(13-4-5-13)10-11-1-2-11/h3,6-9,11,13H,1-2,4-5,10H2,(H,19,20). The molecule has 1 heterocycles. The van der Waals surface area contributed by atoms with E-state index >= 15 is 0 Å². The van der Waals surface area contributed by atoms with Gasteiger partial charge in [0.05, 0.1) is 0 Å². The van der Waals surface area contributed by atoms with Crippen LogP contribution in [0.1, 0.15) is 41.6 Å². The molecular formula is C16H18N2O3. The summed E-state index contributed by atoms with van der Waals surface area (Å²) in [6.07, 6.45) is 10.1. The molecule has 3 rings (SSSR count). The lowest BCUT2D eigenvalue weighted by Gasteiger charge is -2.23. The summed E-state index contributed by atoms with van der Waals surface area (Å²) in [6, 6.07) is 2.04. The van der Waals surface area contributed by atoms with Crippen LogP contribution in [0.5, 0.6) is 0 Å². The van der Waals surface area contributed by atoms with E-state index in [0.29, 0.717) is 23.1 Å². The first kappa shape index (κ1) is 13.8. The molecule has 2 fully saturated rings. The average molecular weight is 286 g/mol. The van der Waals surface area contributed by atoms with Gasteiger partial charge in [0.25, 0.3) is 5.91 Å². The monoisotopic (exact) mass is 286 g/mol. The number of nitrogens with zero attached hydrogens (tertiary/aromatic N) is 2. The minimum absolute atomic E-state index is 0.00293. The Labute approximate surface area is 123 Å². The maximum absolute atomic E-state index is 12.8. The molecule has 2 aliphatic rings. The van der Waals surface area contributed by atoms with E-state index in [0.717, 1.165) is 25.5 Å². The van der Waals surface area contributed by atoms with E-state index in [1.165, 1.54) is 25.1 Å². The maximum atomic E-state index is 12.8. The first-order chi connectivity index (χ1) is 10.1. The third-order valence-corrected chi connectivity index (χ3v) is 3.89. The molecule has 1 N–H and O–H groups in total. The lowest BCUT2D eigenvalue weighted by atomic mass is 10.1. The van der Waals surface area contributed by atoms with Gasteiger partial charge in [-0.2, -0.15) is 0 Å². The lowest BCUT2D eigenvalue weighted by Crippen LogP contribution is -2.35. The van der Waals surface area contributed by atoms with E-state index < -0.39 is 5.97 Å². The number of carboxylic acids is 1. The molecule has 0 aliphatic heterocycles. The third-order valence-electron chi connectivity index (χ3n) is 3.89. The zero-order valence-electron chi connectivity index (χ0n) is 11.7. The van der Waals surface area contributed by atoms with E-state index in [4.69, 9.17) is 5.11 Å². The summed E-state index contributed by atoms with van der Waals surface area (Å²) in [6.45, 7) is 0.827. The van der Waals surface area contributed by atoms with Crippen LogP contribution < -0.4 is 0 Å². The Balaban J connectivity index is 1.83. The van der Waals surface area contributed by atoms with Crippen molar-refractivity contribution in [3.8, 4) is 0 Å².